The van der Waals surface area contributed by atoms with Crippen LogP contribution in [0.2, 0.25) is 0 Å². The van der Waals surface area contributed by atoms with Gasteiger partial charge in [-0.1, -0.05) is 29.8 Å². The molecule has 3 amide bonds. The Balaban J connectivity index is 2.95. The van der Waals surface area contributed by atoms with Crippen molar-refractivity contribution in [2.45, 2.75) is 6.92 Å². The van der Waals surface area contributed by atoms with Gasteiger partial charge in [0.25, 0.3) is 5.91 Å². The number of nitriles is 1. The quantitative estimate of drug-likeness (QED) is 0.587. The number of primary amides is 1. The molecule has 0 bridgehead atoms. The smallest absolute Gasteiger partial charge is 0.319 e. The van der Waals surface area contributed by atoms with Crippen LogP contribution >= 0.6 is 0 Å². The second-order valence-corrected chi connectivity index (χ2v) is 3.40. The number of carbonyl (C=O) groups excluding carboxylic acids is 2. The van der Waals surface area contributed by atoms with Crippen molar-refractivity contribution < 1.29 is 9.59 Å². The molecule has 5 heteroatoms. The van der Waals surface area contributed by atoms with Crippen LogP contribution in [0.15, 0.2) is 29.8 Å². The summed E-state index contributed by atoms with van der Waals surface area (Å²) in [5, 5.41) is 10.6. The Labute approximate surface area is 98.5 Å². The van der Waals surface area contributed by atoms with E-state index in [4.69, 9.17) is 11.0 Å². The Bertz CT molecular complexity index is 510. The molecule has 1 rings (SSSR count). The van der Waals surface area contributed by atoms with E-state index in [2.05, 4.69) is 0 Å². The predicted octanol–water partition coefficient (Wildman–Crippen LogP) is 1.10. The minimum Gasteiger partial charge on any atom is -0.351 e. The summed E-state index contributed by atoms with van der Waals surface area (Å²) in [6.07, 6.45) is 1.39. The number of urea groups is 1. The minimum atomic E-state index is -0.986. The van der Waals surface area contributed by atoms with Crippen LogP contribution in [0.25, 0.3) is 6.08 Å². The predicted molar refractivity (Wildman–Crippen MR) is 62.5 cm³/mol. The van der Waals surface area contributed by atoms with Crippen LogP contribution in [0.5, 0.6) is 0 Å². The van der Waals surface area contributed by atoms with Gasteiger partial charge >= 0.3 is 6.03 Å². The van der Waals surface area contributed by atoms with Crippen molar-refractivity contribution in [2.75, 3.05) is 0 Å². The highest BCUT2D eigenvalue weighted by Gasteiger charge is 2.10. The monoisotopic (exact) mass is 229 g/mol. The molecule has 0 atom stereocenters. The molecule has 17 heavy (non-hydrogen) atoms. The fourth-order valence-corrected chi connectivity index (χ4v) is 1.16. The number of amides is 3. The van der Waals surface area contributed by atoms with E-state index in [0.717, 1.165) is 5.56 Å². The van der Waals surface area contributed by atoms with Gasteiger partial charge in [-0.05, 0) is 18.6 Å². The fourth-order valence-electron chi connectivity index (χ4n) is 1.16. The molecule has 86 valence electrons. The van der Waals surface area contributed by atoms with E-state index in [9.17, 15) is 9.59 Å². The van der Waals surface area contributed by atoms with Crippen LogP contribution in [0.3, 0.4) is 0 Å². The Kier molecular flexibility index (Phi) is 4.01. The number of nitrogens with two attached hydrogens (primary N) is 1. The maximum absolute atomic E-state index is 11.4. The highest BCUT2D eigenvalue weighted by Crippen LogP contribution is 2.08. The average Bonchev–Trinajstić information content (AvgIpc) is 2.27. The zero-order chi connectivity index (χ0) is 12.8. The minimum absolute atomic E-state index is 0.173. The summed E-state index contributed by atoms with van der Waals surface area (Å²) in [4.78, 5) is 21.8. The lowest BCUT2D eigenvalue weighted by Crippen LogP contribution is -2.35. The van der Waals surface area contributed by atoms with Crippen molar-refractivity contribution in [3.8, 4) is 6.07 Å². The molecular weight excluding hydrogens is 218 g/mol. The van der Waals surface area contributed by atoms with Gasteiger partial charge in [-0.3, -0.25) is 10.1 Å². The third kappa shape index (κ3) is 3.80. The highest BCUT2D eigenvalue weighted by atomic mass is 16.2. The van der Waals surface area contributed by atoms with Gasteiger partial charge < -0.3 is 5.73 Å². The molecule has 1 aromatic rings. The molecule has 3 N–H and O–H groups in total. The zero-order valence-corrected chi connectivity index (χ0v) is 9.23. The molecule has 0 unspecified atom stereocenters. The van der Waals surface area contributed by atoms with E-state index in [1.807, 2.05) is 24.4 Å². The van der Waals surface area contributed by atoms with E-state index in [0.29, 0.717) is 5.56 Å². The Morgan fingerprint density at radius 1 is 1.35 bits per heavy atom. The third-order valence-corrected chi connectivity index (χ3v) is 1.99. The van der Waals surface area contributed by atoms with Gasteiger partial charge in [0.2, 0.25) is 0 Å². The largest absolute Gasteiger partial charge is 0.351 e. The van der Waals surface area contributed by atoms with E-state index in [-0.39, 0.29) is 5.57 Å². The van der Waals surface area contributed by atoms with E-state index in [1.54, 1.807) is 18.2 Å². The summed E-state index contributed by atoms with van der Waals surface area (Å²) in [5.74, 6) is -0.805. The number of rotatable bonds is 2. The van der Waals surface area contributed by atoms with Gasteiger partial charge in [0.1, 0.15) is 11.6 Å². The van der Waals surface area contributed by atoms with Crippen LogP contribution in [0.4, 0.5) is 4.79 Å². The molecule has 0 heterocycles. The molecule has 0 aliphatic rings. The lowest BCUT2D eigenvalue weighted by Gasteiger charge is -1.99. The number of aryl methyl sites for hydroxylation is 1. The van der Waals surface area contributed by atoms with Crippen LogP contribution in [-0.2, 0) is 4.79 Å². The normalized spacial score (nSPS) is 10.5. The van der Waals surface area contributed by atoms with Crippen molar-refractivity contribution in [3.63, 3.8) is 0 Å². The third-order valence-electron chi connectivity index (χ3n) is 1.99. The molecule has 0 aliphatic heterocycles. The SMILES string of the molecule is Cc1ccc(/C=C(/C#N)C(=O)NC(N)=O)cc1. The number of benzene rings is 1. The van der Waals surface area contributed by atoms with Crippen LogP contribution in [0, 0.1) is 18.3 Å². The van der Waals surface area contributed by atoms with Gasteiger partial charge in [-0.2, -0.15) is 5.26 Å². The summed E-state index contributed by atoms with van der Waals surface area (Å²) in [5.41, 5.74) is 6.39. The Morgan fingerprint density at radius 2 is 1.94 bits per heavy atom. The Morgan fingerprint density at radius 3 is 2.41 bits per heavy atom. The van der Waals surface area contributed by atoms with Crippen molar-refractivity contribution in [2.24, 2.45) is 5.73 Å². The molecule has 5 nitrogen and oxygen atoms in total. The maximum atomic E-state index is 11.4. The van der Waals surface area contributed by atoms with Crippen molar-refractivity contribution in [3.05, 3.63) is 41.0 Å². The van der Waals surface area contributed by atoms with Gasteiger partial charge in [0.15, 0.2) is 0 Å². The summed E-state index contributed by atoms with van der Waals surface area (Å²) < 4.78 is 0. The van der Waals surface area contributed by atoms with Crippen LogP contribution < -0.4 is 11.1 Å². The maximum Gasteiger partial charge on any atom is 0.319 e. The van der Waals surface area contributed by atoms with Gasteiger partial charge in [-0.25, -0.2) is 4.79 Å². The number of imide groups is 1. The van der Waals surface area contributed by atoms with E-state index >= 15 is 0 Å². The summed E-state index contributed by atoms with van der Waals surface area (Å²) in [7, 11) is 0. The summed E-state index contributed by atoms with van der Waals surface area (Å²) in [6.45, 7) is 1.93. The molecule has 0 fully saturated rings. The first kappa shape index (κ1) is 12.5. The lowest BCUT2D eigenvalue weighted by atomic mass is 10.1. The summed E-state index contributed by atoms with van der Waals surface area (Å²) >= 11 is 0. The lowest BCUT2D eigenvalue weighted by molar-refractivity contribution is -0.115. The highest BCUT2D eigenvalue weighted by molar-refractivity contribution is 6.08. The van der Waals surface area contributed by atoms with Crippen LogP contribution in [-0.4, -0.2) is 11.9 Å². The number of carbonyl (C=O) groups is 2. The standard InChI is InChI=1S/C12H11N3O2/c1-8-2-4-9(5-3-8)6-10(7-13)11(16)15-12(14)17/h2-6H,1H3,(H3,14,15,16,17)/b10-6-. The van der Waals surface area contributed by atoms with Gasteiger partial charge in [-0.15, -0.1) is 0 Å². The number of hydrogen-bond acceptors (Lipinski definition) is 3. The van der Waals surface area contributed by atoms with Crippen molar-refractivity contribution >= 4 is 18.0 Å². The van der Waals surface area contributed by atoms with E-state index < -0.39 is 11.9 Å². The van der Waals surface area contributed by atoms with E-state index in [1.165, 1.54) is 6.08 Å². The number of nitrogens with one attached hydrogen (secondary N) is 1. The van der Waals surface area contributed by atoms with Gasteiger partial charge in [0.05, 0.1) is 0 Å². The average molecular weight is 229 g/mol. The molecule has 0 spiro atoms. The first-order chi connectivity index (χ1) is 8.02. The molecule has 1 aromatic carbocycles. The molecule has 0 aromatic heterocycles. The molecule has 0 saturated carbocycles. The molecule has 0 saturated heterocycles. The number of nitrogens with zero attached hydrogens (tertiary/aromatic N) is 1. The first-order valence-electron chi connectivity index (χ1n) is 4.82. The van der Waals surface area contributed by atoms with Crippen molar-refractivity contribution in [1.82, 2.24) is 5.32 Å². The first-order valence-corrected chi connectivity index (χ1v) is 4.82. The van der Waals surface area contributed by atoms with Crippen molar-refractivity contribution in [1.29, 1.82) is 5.26 Å². The van der Waals surface area contributed by atoms with Crippen LogP contribution in [0.1, 0.15) is 11.1 Å². The second-order valence-electron chi connectivity index (χ2n) is 3.40. The zero-order valence-electron chi connectivity index (χ0n) is 9.23. The topological polar surface area (TPSA) is 96.0 Å². The molecule has 0 radical (unpaired) electrons. The number of hydrogen-bond donors (Lipinski definition) is 2. The Hall–Kier alpha value is -2.61. The molecule has 0 aliphatic carbocycles. The fraction of sp³-hybridized carbons (Fsp3) is 0.0833. The molecular formula is C12H11N3O2. The summed E-state index contributed by atoms with van der Waals surface area (Å²) in [6, 6.07) is 7.97. The second kappa shape index (κ2) is 5.47. The van der Waals surface area contributed by atoms with Gasteiger partial charge in [0, 0.05) is 0 Å².